The lowest BCUT2D eigenvalue weighted by molar-refractivity contribution is 0.0757. The fourth-order valence-electron chi connectivity index (χ4n) is 4.43. The van der Waals surface area contributed by atoms with Crippen molar-refractivity contribution in [2.45, 2.75) is 26.7 Å². The van der Waals surface area contributed by atoms with Gasteiger partial charge in [-0.1, -0.05) is 48.6 Å². The van der Waals surface area contributed by atoms with Crippen LogP contribution in [0.3, 0.4) is 0 Å². The standard InChI is InChI=1S/C25H27N5O2S/c1-3-18-9-6-8-17(2)22(18)27-24(32)29-13-7-12-28(14-15-29)23(31)19-16-30-20-10-4-5-11-21(20)33-25(30)26-19/h4-6,8-11,16H,3,7,12-15H2,1-2H3,(H,27,32). The molecule has 0 radical (unpaired) electrons. The van der Waals surface area contributed by atoms with E-state index in [9.17, 15) is 9.59 Å². The molecule has 1 N–H and O–H groups in total. The number of aryl methyl sites for hydroxylation is 2. The number of anilines is 1. The molecule has 0 unspecified atom stereocenters. The number of hydrogen-bond acceptors (Lipinski definition) is 4. The first-order valence-electron chi connectivity index (χ1n) is 11.4. The number of carbonyl (C=O) groups excluding carboxylic acids is 2. The van der Waals surface area contributed by atoms with Gasteiger partial charge in [0, 0.05) is 38.1 Å². The van der Waals surface area contributed by atoms with Crippen molar-refractivity contribution >= 4 is 44.1 Å². The zero-order valence-electron chi connectivity index (χ0n) is 18.9. The first-order chi connectivity index (χ1) is 16.0. The smallest absolute Gasteiger partial charge is 0.321 e. The van der Waals surface area contributed by atoms with E-state index in [1.54, 1.807) is 16.2 Å². The van der Waals surface area contributed by atoms with Crippen molar-refractivity contribution < 1.29 is 9.59 Å². The average molecular weight is 462 g/mol. The zero-order chi connectivity index (χ0) is 22.9. The highest BCUT2D eigenvalue weighted by Gasteiger charge is 2.25. The number of amides is 3. The van der Waals surface area contributed by atoms with E-state index in [-0.39, 0.29) is 11.9 Å². The molecule has 3 heterocycles. The normalized spacial score (nSPS) is 14.6. The predicted octanol–water partition coefficient (Wildman–Crippen LogP) is 4.80. The van der Waals surface area contributed by atoms with Gasteiger partial charge in [0.1, 0.15) is 5.69 Å². The van der Waals surface area contributed by atoms with Crippen LogP contribution in [0.5, 0.6) is 0 Å². The maximum atomic E-state index is 13.2. The van der Waals surface area contributed by atoms with E-state index in [4.69, 9.17) is 0 Å². The van der Waals surface area contributed by atoms with Crippen LogP contribution < -0.4 is 5.32 Å². The first kappa shape index (κ1) is 21.5. The van der Waals surface area contributed by atoms with Gasteiger partial charge in [-0.05, 0) is 43.0 Å². The Balaban J connectivity index is 1.28. The highest BCUT2D eigenvalue weighted by molar-refractivity contribution is 7.23. The highest BCUT2D eigenvalue weighted by Crippen LogP contribution is 2.26. The molecule has 1 fully saturated rings. The summed E-state index contributed by atoms with van der Waals surface area (Å²) in [5.41, 5.74) is 4.60. The molecule has 0 aliphatic carbocycles. The minimum Gasteiger partial charge on any atom is -0.335 e. The zero-order valence-corrected chi connectivity index (χ0v) is 19.7. The number of para-hydroxylation sites is 2. The second-order valence-electron chi connectivity index (χ2n) is 8.37. The molecule has 0 bridgehead atoms. The largest absolute Gasteiger partial charge is 0.335 e. The second kappa shape index (κ2) is 8.86. The molecule has 7 nitrogen and oxygen atoms in total. The molecule has 0 atom stereocenters. The van der Waals surface area contributed by atoms with Crippen LogP contribution in [0.2, 0.25) is 0 Å². The molecule has 0 spiro atoms. The summed E-state index contributed by atoms with van der Waals surface area (Å²) < 4.78 is 3.13. The minimum atomic E-state index is -0.109. The third-order valence-corrected chi connectivity index (χ3v) is 7.30. The number of benzene rings is 2. The summed E-state index contributed by atoms with van der Waals surface area (Å²) in [5.74, 6) is -0.0792. The average Bonchev–Trinajstić information content (AvgIpc) is 3.28. The monoisotopic (exact) mass is 461 g/mol. The number of carbonyl (C=O) groups is 2. The number of urea groups is 1. The SMILES string of the molecule is CCc1cccc(C)c1NC(=O)N1CCCN(C(=O)c2cn3c(n2)sc2ccccc23)CC1. The molecule has 5 rings (SSSR count). The summed E-state index contributed by atoms with van der Waals surface area (Å²) in [7, 11) is 0. The van der Waals surface area contributed by atoms with Crippen LogP contribution in [0.25, 0.3) is 15.2 Å². The summed E-state index contributed by atoms with van der Waals surface area (Å²) in [5, 5.41) is 3.10. The number of imidazole rings is 1. The van der Waals surface area contributed by atoms with E-state index >= 15 is 0 Å². The highest BCUT2D eigenvalue weighted by atomic mass is 32.1. The van der Waals surface area contributed by atoms with Crippen molar-refractivity contribution in [3.8, 4) is 0 Å². The van der Waals surface area contributed by atoms with Gasteiger partial charge < -0.3 is 15.1 Å². The molecule has 33 heavy (non-hydrogen) atoms. The van der Waals surface area contributed by atoms with Crippen molar-refractivity contribution in [3.63, 3.8) is 0 Å². The molecule has 4 aromatic rings. The Morgan fingerprint density at radius 1 is 1.03 bits per heavy atom. The molecule has 0 saturated carbocycles. The Labute approximate surface area is 196 Å². The van der Waals surface area contributed by atoms with Crippen molar-refractivity contribution in [1.29, 1.82) is 0 Å². The fourth-order valence-corrected chi connectivity index (χ4v) is 5.43. The Bertz CT molecular complexity index is 1340. The van der Waals surface area contributed by atoms with Gasteiger partial charge in [0.05, 0.1) is 10.2 Å². The molecule has 1 aliphatic rings. The van der Waals surface area contributed by atoms with Crippen molar-refractivity contribution in [2.75, 3.05) is 31.5 Å². The summed E-state index contributed by atoms with van der Waals surface area (Å²) >= 11 is 1.58. The van der Waals surface area contributed by atoms with E-state index in [2.05, 4.69) is 23.3 Å². The van der Waals surface area contributed by atoms with Gasteiger partial charge in [0.2, 0.25) is 0 Å². The predicted molar refractivity (Wildman–Crippen MR) is 132 cm³/mol. The molecule has 1 saturated heterocycles. The second-order valence-corrected chi connectivity index (χ2v) is 9.38. The van der Waals surface area contributed by atoms with Crippen LogP contribution in [-0.4, -0.2) is 57.3 Å². The Morgan fingerprint density at radius 3 is 2.67 bits per heavy atom. The van der Waals surface area contributed by atoms with Gasteiger partial charge >= 0.3 is 6.03 Å². The molecule has 1 aliphatic heterocycles. The number of rotatable bonds is 3. The maximum absolute atomic E-state index is 13.2. The lowest BCUT2D eigenvalue weighted by Crippen LogP contribution is -2.39. The summed E-state index contributed by atoms with van der Waals surface area (Å²) in [6.07, 6.45) is 3.42. The summed E-state index contributed by atoms with van der Waals surface area (Å²) in [4.78, 5) is 35.2. The van der Waals surface area contributed by atoms with E-state index in [0.29, 0.717) is 31.9 Å². The van der Waals surface area contributed by atoms with Crippen LogP contribution in [0.1, 0.15) is 35.0 Å². The molecule has 2 aromatic heterocycles. The Hall–Kier alpha value is -3.39. The summed E-state index contributed by atoms with van der Waals surface area (Å²) in [6, 6.07) is 14.1. The number of fused-ring (bicyclic) bond motifs is 3. The van der Waals surface area contributed by atoms with Gasteiger partial charge in [-0.2, -0.15) is 0 Å². The molecular formula is C25H27N5O2S. The van der Waals surface area contributed by atoms with Crippen LogP contribution in [0.15, 0.2) is 48.7 Å². The van der Waals surface area contributed by atoms with Crippen LogP contribution >= 0.6 is 11.3 Å². The van der Waals surface area contributed by atoms with Crippen molar-refractivity contribution in [3.05, 3.63) is 65.5 Å². The van der Waals surface area contributed by atoms with Gasteiger partial charge in [0.25, 0.3) is 5.91 Å². The molecule has 8 heteroatoms. The molecular weight excluding hydrogens is 434 g/mol. The number of thiazole rings is 1. The van der Waals surface area contributed by atoms with Crippen molar-refractivity contribution in [1.82, 2.24) is 19.2 Å². The Morgan fingerprint density at radius 2 is 1.82 bits per heavy atom. The maximum Gasteiger partial charge on any atom is 0.321 e. The van der Waals surface area contributed by atoms with Gasteiger partial charge in [-0.25, -0.2) is 9.78 Å². The lowest BCUT2D eigenvalue weighted by Gasteiger charge is -2.23. The quantitative estimate of drug-likeness (QED) is 0.476. The van der Waals surface area contributed by atoms with Crippen LogP contribution in [0.4, 0.5) is 10.5 Å². The number of nitrogens with zero attached hydrogens (tertiary/aromatic N) is 4. The van der Waals surface area contributed by atoms with Crippen LogP contribution in [0, 0.1) is 6.92 Å². The van der Waals surface area contributed by atoms with Gasteiger partial charge in [-0.15, -0.1) is 0 Å². The molecule has 170 valence electrons. The molecule has 2 aromatic carbocycles. The first-order valence-corrected chi connectivity index (χ1v) is 12.2. The van der Waals surface area contributed by atoms with E-state index in [1.165, 1.54) is 0 Å². The van der Waals surface area contributed by atoms with Crippen molar-refractivity contribution in [2.24, 2.45) is 0 Å². The van der Waals surface area contributed by atoms with E-state index < -0.39 is 0 Å². The van der Waals surface area contributed by atoms with E-state index in [1.807, 2.05) is 58.8 Å². The molecule has 3 amide bonds. The summed E-state index contributed by atoms with van der Waals surface area (Å²) in [6.45, 7) is 6.31. The topological polar surface area (TPSA) is 70.0 Å². The third kappa shape index (κ3) is 4.06. The fraction of sp³-hybridized carbons (Fsp3) is 0.320. The third-order valence-electron chi connectivity index (χ3n) is 6.26. The lowest BCUT2D eigenvalue weighted by atomic mass is 10.1. The Kier molecular flexibility index (Phi) is 5.76. The van der Waals surface area contributed by atoms with E-state index in [0.717, 1.165) is 44.8 Å². The van der Waals surface area contributed by atoms with Gasteiger partial charge in [-0.3, -0.25) is 9.20 Å². The van der Waals surface area contributed by atoms with Gasteiger partial charge in [0.15, 0.2) is 4.96 Å². The number of nitrogens with one attached hydrogen (secondary N) is 1. The minimum absolute atomic E-state index is 0.0792. The van der Waals surface area contributed by atoms with Crippen LogP contribution in [-0.2, 0) is 6.42 Å². The number of aromatic nitrogens is 2. The number of hydrogen-bond donors (Lipinski definition) is 1.